The van der Waals surface area contributed by atoms with Crippen molar-refractivity contribution in [1.82, 2.24) is 24.3 Å². The predicted molar refractivity (Wildman–Crippen MR) is 148 cm³/mol. The number of thiophene rings is 1. The molecule has 4 heterocycles. The molecule has 1 N–H and O–H groups in total. The molecule has 38 heavy (non-hydrogen) atoms. The van der Waals surface area contributed by atoms with Crippen LogP contribution in [0.2, 0.25) is 4.34 Å². The zero-order valence-electron chi connectivity index (χ0n) is 21.7. The molecular weight excluding hydrogens is 550 g/mol. The van der Waals surface area contributed by atoms with Gasteiger partial charge in [0.05, 0.1) is 10.9 Å². The second-order valence-electron chi connectivity index (χ2n) is 9.98. The van der Waals surface area contributed by atoms with Gasteiger partial charge in [0, 0.05) is 68.6 Å². The fourth-order valence-corrected chi connectivity index (χ4v) is 7.40. The zero-order chi connectivity index (χ0) is 27.3. The fourth-order valence-electron chi connectivity index (χ4n) is 5.33. The third-order valence-corrected chi connectivity index (χ3v) is 9.67. The quantitative estimate of drug-likeness (QED) is 0.473. The van der Waals surface area contributed by atoms with E-state index < -0.39 is 16.1 Å². The van der Waals surface area contributed by atoms with Gasteiger partial charge in [-0.15, -0.1) is 11.3 Å². The third-order valence-electron chi connectivity index (χ3n) is 7.36. The number of piperazine rings is 1. The number of hydrogen-bond donors (Lipinski definition) is 1. The van der Waals surface area contributed by atoms with E-state index in [2.05, 4.69) is 9.62 Å². The highest BCUT2D eigenvalue weighted by atomic mass is 35.5. The normalized spacial score (nSPS) is 23.5. The van der Waals surface area contributed by atoms with Crippen molar-refractivity contribution in [3.8, 4) is 0 Å². The van der Waals surface area contributed by atoms with Crippen molar-refractivity contribution in [2.45, 2.75) is 51.1 Å². The van der Waals surface area contributed by atoms with Crippen LogP contribution in [0.25, 0.3) is 6.08 Å². The van der Waals surface area contributed by atoms with Crippen LogP contribution >= 0.6 is 22.9 Å². The highest BCUT2D eigenvalue weighted by Gasteiger charge is 2.36. The van der Waals surface area contributed by atoms with Gasteiger partial charge in [0.1, 0.15) is 6.04 Å². The molecule has 0 aliphatic carbocycles. The summed E-state index contributed by atoms with van der Waals surface area (Å²) in [6, 6.07) is 2.60. The highest BCUT2D eigenvalue weighted by Crippen LogP contribution is 2.23. The zero-order valence-corrected chi connectivity index (χ0v) is 24.1. The molecule has 0 bridgehead atoms. The summed E-state index contributed by atoms with van der Waals surface area (Å²) in [7, 11) is -3.85. The Kier molecular flexibility index (Phi) is 9.85. The van der Waals surface area contributed by atoms with E-state index in [1.165, 1.54) is 22.3 Å². The number of hydrogen-bond acceptors (Lipinski definition) is 7. The Hall–Kier alpha value is -1.99. The molecule has 4 rings (SSSR count). The van der Waals surface area contributed by atoms with E-state index in [9.17, 15) is 22.8 Å². The molecule has 3 aliphatic heterocycles. The van der Waals surface area contributed by atoms with E-state index in [-0.39, 0.29) is 30.3 Å². The lowest BCUT2D eigenvalue weighted by atomic mass is 10.1. The van der Waals surface area contributed by atoms with Crippen LogP contribution in [0.5, 0.6) is 0 Å². The van der Waals surface area contributed by atoms with E-state index in [4.69, 9.17) is 11.6 Å². The molecule has 3 fully saturated rings. The molecule has 0 saturated carbocycles. The first-order chi connectivity index (χ1) is 18.1. The Morgan fingerprint density at radius 1 is 1.08 bits per heavy atom. The summed E-state index contributed by atoms with van der Waals surface area (Å²) in [5.74, 6) is -0.288. The lowest BCUT2D eigenvalue weighted by molar-refractivity contribution is -0.143. The van der Waals surface area contributed by atoms with Gasteiger partial charge in [0.25, 0.3) is 0 Å². The van der Waals surface area contributed by atoms with Crippen LogP contribution in [-0.2, 0) is 24.4 Å². The van der Waals surface area contributed by atoms with Gasteiger partial charge in [0.2, 0.25) is 27.7 Å². The Labute approximate surface area is 233 Å². The average Bonchev–Trinajstić information content (AvgIpc) is 3.54. The lowest BCUT2D eigenvalue weighted by Crippen LogP contribution is -2.56. The Balaban J connectivity index is 1.29. The van der Waals surface area contributed by atoms with E-state index in [1.54, 1.807) is 12.1 Å². The summed E-state index contributed by atoms with van der Waals surface area (Å²) >= 11 is 7.15. The molecule has 210 valence electrons. The fraction of sp³-hybridized carbons (Fsp3) is 0.640. The maximum Gasteiger partial charge on any atom is 0.242 e. The first kappa shape index (κ1) is 29.0. The van der Waals surface area contributed by atoms with Crippen LogP contribution in [0, 0.1) is 0 Å². The molecule has 0 radical (unpaired) electrons. The molecule has 3 aliphatic rings. The predicted octanol–water partition coefficient (Wildman–Crippen LogP) is 1.83. The van der Waals surface area contributed by atoms with Crippen LogP contribution in [0.3, 0.4) is 0 Å². The van der Waals surface area contributed by atoms with Crippen molar-refractivity contribution in [2.24, 2.45) is 0 Å². The molecule has 1 aromatic heterocycles. The number of sulfonamides is 1. The summed E-state index contributed by atoms with van der Waals surface area (Å²) in [5.41, 5.74) is 0. The van der Waals surface area contributed by atoms with Gasteiger partial charge in [-0.05, 0) is 43.9 Å². The Morgan fingerprint density at radius 3 is 2.50 bits per heavy atom. The largest absolute Gasteiger partial charge is 0.340 e. The first-order valence-electron chi connectivity index (χ1n) is 13.2. The molecule has 2 atom stereocenters. The number of halogens is 1. The van der Waals surface area contributed by atoms with Crippen LogP contribution < -0.4 is 4.72 Å². The number of piperidine rings is 1. The van der Waals surface area contributed by atoms with Crippen LogP contribution in [0.4, 0.5) is 0 Å². The van der Waals surface area contributed by atoms with Gasteiger partial charge in [-0.3, -0.25) is 19.3 Å². The van der Waals surface area contributed by atoms with Gasteiger partial charge in [-0.25, -0.2) is 8.42 Å². The van der Waals surface area contributed by atoms with Crippen molar-refractivity contribution >= 4 is 56.8 Å². The van der Waals surface area contributed by atoms with Crippen LogP contribution in [0.15, 0.2) is 17.5 Å². The van der Waals surface area contributed by atoms with Crippen molar-refractivity contribution in [3.63, 3.8) is 0 Å². The molecule has 0 aromatic carbocycles. The number of carbonyl (C=O) groups excluding carboxylic acids is 3. The summed E-state index contributed by atoms with van der Waals surface area (Å²) in [4.78, 5) is 46.5. The van der Waals surface area contributed by atoms with Gasteiger partial charge in [0.15, 0.2) is 0 Å². The molecule has 2 unspecified atom stereocenters. The highest BCUT2D eigenvalue weighted by molar-refractivity contribution is 7.92. The van der Waals surface area contributed by atoms with Gasteiger partial charge < -0.3 is 14.7 Å². The topological polar surface area (TPSA) is 110 Å². The Bertz CT molecular complexity index is 1150. The smallest absolute Gasteiger partial charge is 0.242 e. The van der Waals surface area contributed by atoms with E-state index in [0.717, 1.165) is 37.9 Å². The number of rotatable bonds is 9. The standard InChI is InChI=1S/C25H36ClN5O5S2/c1-2-23(32)29-14-12-28(13-15-29)17-19-5-3-11-31(19)24(33)18-30-10-4-6-21(25(30)34)27-38(35,36)16-9-20-7-8-22(26)37-20/h7-9,16,19,21,27H,2-6,10-15,17-18H2,1H3/b16-9+. The maximum atomic E-state index is 13.2. The number of likely N-dealkylation sites (tertiary alicyclic amines) is 2. The van der Waals surface area contributed by atoms with E-state index in [0.29, 0.717) is 54.7 Å². The minimum Gasteiger partial charge on any atom is -0.340 e. The first-order valence-corrected chi connectivity index (χ1v) is 15.9. The van der Waals surface area contributed by atoms with Gasteiger partial charge in [-0.2, -0.15) is 4.72 Å². The summed E-state index contributed by atoms with van der Waals surface area (Å²) in [6.07, 6.45) is 4.80. The Morgan fingerprint density at radius 2 is 1.82 bits per heavy atom. The second kappa shape index (κ2) is 12.9. The lowest BCUT2D eigenvalue weighted by Gasteiger charge is -2.38. The van der Waals surface area contributed by atoms with Crippen molar-refractivity contribution < 1.29 is 22.8 Å². The minimum absolute atomic E-state index is 0.0458. The molecular formula is C25H36ClN5O5S2. The molecule has 3 saturated heterocycles. The number of amides is 3. The number of nitrogens with zero attached hydrogens (tertiary/aromatic N) is 4. The van der Waals surface area contributed by atoms with Crippen LogP contribution in [-0.4, -0.2) is 110 Å². The van der Waals surface area contributed by atoms with Crippen molar-refractivity contribution in [2.75, 3.05) is 52.4 Å². The monoisotopic (exact) mass is 585 g/mol. The minimum atomic E-state index is -3.85. The SMILES string of the molecule is CCC(=O)N1CCN(CC2CCCN2C(=O)CN2CCCC(NS(=O)(=O)/C=C/c3ccc(Cl)s3)C2=O)CC1. The average molecular weight is 586 g/mol. The third kappa shape index (κ3) is 7.56. The number of nitrogens with one attached hydrogen (secondary N) is 1. The van der Waals surface area contributed by atoms with Gasteiger partial charge >= 0.3 is 0 Å². The van der Waals surface area contributed by atoms with Crippen molar-refractivity contribution in [3.05, 3.63) is 26.8 Å². The molecule has 10 nitrogen and oxygen atoms in total. The van der Waals surface area contributed by atoms with Gasteiger partial charge in [-0.1, -0.05) is 18.5 Å². The maximum absolute atomic E-state index is 13.2. The second-order valence-corrected chi connectivity index (χ2v) is 13.3. The van der Waals surface area contributed by atoms with E-state index in [1.807, 2.05) is 16.7 Å². The number of carbonyl (C=O) groups is 3. The summed E-state index contributed by atoms with van der Waals surface area (Å²) in [6.45, 7) is 6.70. The molecule has 0 spiro atoms. The molecule has 1 aromatic rings. The van der Waals surface area contributed by atoms with E-state index >= 15 is 0 Å². The van der Waals surface area contributed by atoms with Crippen LogP contribution in [0.1, 0.15) is 43.9 Å². The molecule has 13 heteroatoms. The summed E-state index contributed by atoms with van der Waals surface area (Å²) < 4.78 is 28.2. The summed E-state index contributed by atoms with van der Waals surface area (Å²) in [5, 5.41) is 1.04. The molecule has 3 amide bonds. The van der Waals surface area contributed by atoms with Crippen molar-refractivity contribution in [1.29, 1.82) is 0 Å².